The molecule has 0 spiro atoms. The molecule has 1 aromatic carbocycles. The third kappa shape index (κ3) is 5.44. The van der Waals surface area contributed by atoms with E-state index in [0.717, 1.165) is 12.1 Å². The van der Waals surface area contributed by atoms with Gasteiger partial charge in [0.15, 0.2) is 0 Å². The average Bonchev–Trinajstić information content (AvgIpc) is 2.68. The number of carbonyl (C=O) groups is 1. The van der Waals surface area contributed by atoms with E-state index in [2.05, 4.69) is 4.98 Å². The Morgan fingerprint density at radius 1 is 1.13 bits per heavy atom. The molecule has 0 saturated carbocycles. The molecule has 2 aromatic heterocycles. The number of alkyl halides is 3. The third-order valence-corrected chi connectivity index (χ3v) is 4.36. The van der Waals surface area contributed by atoms with Crippen molar-refractivity contribution < 1.29 is 22.7 Å². The normalized spacial score (nSPS) is 11.8. The first-order valence-corrected chi connectivity index (χ1v) is 9.27. The standard InChI is InChI=1S/C21H20F3N3O3/c1-2-30-20(29)14-26(12-15-6-8-16(9-7-15)21(22,23)24)13-17-11-19(28)27-10-4-3-5-18(27)25-17/h3-11H,2,12-14H2,1H3. The van der Waals surface area contributed by atoms with Gasteiger partial charge in [-0.1, -0.05) is 18.2 Å². The predicted octanol–water partition coefficient (Wildman–Crippen LogP) is 3.28. The lowest BCUT2D eigenvalue weighted by Crippen LogP contribution is -2.31. The summed E-state index contributed by atoms with van der Waals surface area (Å²) < 4.78 is 44.7. The molecular formula is C21H20F3N3O3. The Morgan fingerprint density at radius 3 is 2.53 bits per heavy atom. The van der Waals surface area contributed by atoms with Gasteiger partial charge in [-0.2, -0.15) is 13.2 Å². The van der Waals surface area contributed by atoms with E-state index in [-0.39, 0.29) is 31.8 Å². The van der Waals surface area contributed by atoms with Crippen molar-refractivity contribution in [3.63, 3.8) is 0 Å². The molecule has 0 N–H and O–H groups in total. The maximum Gasteiger partial charge on any atom is 0.416 e. The number of nitrogens with zero attached hydrogens (tertiary/aromatic N) is 3. The Labute approximate surface area is 170 Å². The van der Waals surface area contributed by atoms with Gasteiger partial charge in [0.1, 0.15) is 5.65 Å². The number of benzene rings is 1. The number of pyridine rings is 1. The molecule has 0 atom stereocenters. The monoisotopic (exact) mass is 419 g/mol. The van der Waals surface area contributed by atoms with E-state index in [1.807, 2.05) is 0 Å². The number of ether oxygens (including phenoxy) is 1. The average molecular weight is 419 g/mol. The zero-order chi connectivity index (χ0) is 21.7. The summed E-state index contributed by atoms with van der Waals surface area (Å²) in [5.41, 5.74) is 0.492. The van der Waals surface area contributed by atoms with Crippen LogP contribution in [0.4, 0.5) is 13.2 Å². The fourth-order valence-electron chi connectivity index (χ4n) is 3.03. The summed E-state index contributed by atoms with van der Waals surface area (Å²) in [4.78, 5) is 30.4. The first-order chi connectivity index (χ1) is 14.3. The lowest BCUT2D eigenvalue weighted by Gasteiger charge is -2.21. The maximum atomic E-state index is 12.8. The summed E-state index contributed by atoms with van der Waals surface area (Å²) in [6, 6.07) is 11.3. The van der Waals surface area contributed by atoms with Crippen LogP contribution in [0.2, 0.25) is 0 Å². The maximum absolute atomic E-state index is 12.8. The van der Waals surface area contributed by atoms with E-state index in [4.69, 9.17) is 4.74 Å². The van der Waals surface area contributed by atoms with Gasteiger partial charge in [0.25, 0.3) is 5.56 Å². The first kappa shape index (κ1) is 21.5. The first-order valence-electron chi connectivity index (χ1n) is 9.27. The van der Waals surface area contributed by atoms with Gasteiger partial charge in [0.2, 0.25) is 0 Å². The fourth-order valence-corrected chi connectivity index (χ4v) is 3.03. The highest BCUT2D eigenvalue weighted by molar-refractivity contribution is 5.71. The topological polar surface area (TPSA) is 63.9 Å². The third-order valence-electron chi connectivity index (χ3n) is 4.36. The van der Waals surface area contributed by atoms with E-state index >= 15 is 0 Å². The molecule has 30 heavy (non-hydrogen) atoms. The van der Waals surface area contributed by atoms with Crippen molar-refractivity contribution in [2.45, 2.75) is 26.2 Å². The second kappa shape index (κ2) is 9.08. The summed E-state index contributed by atoms with van der Waals surface area (Å²) in [7, 11) is 0. The van der Waals surface area contributed by atoms with Crippen molar-refractivity contribution in [1.29, 1.82) is 0 Å². The van der Waals surface area contributed by atoms with Crippen LogP contribution in [-0.4, -0.2) is 33.4 Å². The summed E-state index contributed by atoms with van der Waals surface area (Å²) in [5, 5.41) is 0. The Kier molecular flexibility index (Phi) is 6.51. The van der Waals surface area contributed by atoms with Gasteiger partial charge in [-0.3, -0.25) is 18.9 Å². The molecule has 2 heterocycles. The molecule has 0 fully saturated rings. The highest BCUT2D eigenvalue weighted by atomic mass is 19.4. The molecule has 0 unspecified atom stereocenters. The SMILES string of the molecule is CCOC(=O)CN(Cc1ccc(C(F)(F)F)cc1)Cc1cc(=O)n2ccccc2n1. The van der Waals surface area contributed by atoms with Crippen LogP contribution >= 0.6 is 0 Å². The van der Waals surface area contributed by atoms with Gasteiger partial charge >= 0.3 is 12.1 Å². The fraction of sp³-hybridized carbons (Fsp3) is 0.286. The van der Waals surface area contributed by atoms with Gasteiger partial charge in [-0.25, -0.2) is 4.98 Å². The summed E-state index contributed by atoms with van der Waals surface area (Å²) in [6.07, 6.45) is -2.81. The summed E-state index contributed by atoms with van der Waals surface area (Å²) >= 11 is 0. The molecule has 0 aliphatic carbocycles. The van der Waals surface area contributed by atoms with Crippen LogP contribution in [0.25, 0.3) is 5.65 Å². The Balaban J connectivity index is 1.83. The minimum atomic E-state index is -4.42. The minimum absolute atomic E-state index is 0.0926. The van der Waals surface area contributed by atoms with Crippen LogP contribution in [0.5, 0.6) is 0 Å². The highest BCUT2D eigenvalue weighted by Gasteiger charge is 2.30. The quantitative estimate of drug-likeness (QED) is 0.550. The largest absolute Gasteiger partial charge is 0.465 e. The van der Waals surface area contributed by atoms with E-state index < -0.39 is 17.7 Å². The zero-order valence-electron chi connectivity index (χ0n) is 16.2. The lowest BCUT2D eigenvalue weighted by atomic mass is 10.1. The number of fused-ring (bicyclic) bond motifs is 1. The predicted molar refractivity (Wildman–Crippen MR) is 104 cm³/mol. The number of hydrogen-bond acceptors (Lipinski definition) is 5. The van der Waals surface area contributed by atoms with Crippen molar-refractivity contribution >= 4 is 11.6 Å². The van der Waals surface area contributed by atoms with E-state index in [9.17, 15) is 22.8 Å². The van der Waals surface area contributed by atoms with Crippen LogP contribution in [0.3, 0.4) is 0 Å². The Hall–Kier alpha value is -3.20. The molecule has 6 nitrogen and oxygen atoms in total. The van der Waals surface area contributed by atoms with E-state index in [1.165, 1.54) is 22.6 Å². The minimum Gasteiger partial charge on any atom is -0.465 e. The molecule has 0 bridgehead atoms. The smallest absolute Gasteiger partial charge is 0.416 e. The van der Waals surface area contributed by atoms with E-state index in [1.54, 1.807) is 36.2 Å². The molecular weight excluding hydrogens is 399 g/mol. The zero-order valence-corrected chi connectivity index (χ0v) is 16.2. The number of hydrogen-bond donors (Lipinski definition) is 0. The number of rotatable bonds is 7. The van der Waals surface area contributed by atoms with Gasteiger partial charge in [0.05, 0.1) is 24.4 Å². The molecule has 0 radical (unpaired) electrons. The highest BCUT2D eigenvalue weighted by Crippen LogP contribution is 2.29. The molecule has 3 aromatic rings. The molecule has 0 amide bonds. The van der Waals surface area contributed by atoms with Crippen LogP contribution < -0.4 is 5.56 Å². The van der Waals surface area contributed by atoms with Gasteiger partial charge in [-0.05, 0) is 36.8 Å². The molecule has 3 rings (SSSR count). The molecule has 0 aliphatic heterocycles. The van der Waals surface area contributed by atoms with Gasteiger partial charge in [-0.15, -0.1) is 0 Å². The molecule has 158 valence electrons. The molecule has 0 saturated heterocycles. The lowest BCUT2D eigenvalue weighted by molar-refractivity contribution is -0.144. The second-order valence-electron chi connectivity index (χ2n) is 6.66. The second-order valence-corrected chi connectivity index (χ2v) is 6.66. The van der Waals surface area contributed by atoms with Crippen molar-refractivity contribution in [2.24, 2.45) is 0 Å². The Morgan fingerprint density at radius 2 is 1.87 bits per heavy atom. The number of halogens is 3. The summed E-state index contributed by atoms with van der Waals surface area (Å²) in [5.74, 6) is -0.470. The number of carbonyl (C=O) groups excluding carboxylic acids is 1. The summed E-state index contributed by atoms with van der Waals surface area (Å²) in [6.45, 7) is 2.14. The Bertz CT molecular complexity index is 1080. The number of esters is 1. The number of aromatic nitrogens is 2. The van der Waals surface area contributed by atoms with Crippen LogP contribution in [0.1, 0.15) is 23.7 Å². The molecule has 9 heteroatoms. The van der Waals surface area contributed by atoms with Crippen LogP contribution in [0, 0.1) is 0 Å². The van der Waals surface area contributed by atoms with Gasteiger partial charge < -0.3 is 4.74 Å². The van der Waals surface area contributed by atoms with Gasteiger partial charge in [0, 0.05) is 25.4 Å². The van der Waals surface area contributed by atoms with E-state index in [0.29, 0.717) is 16.9 Å². The van der Waals surface area contributed by atoms with Crippen molar-refractivity contribution in [3.8, 4) is 0 Å². The van der Waals surface area contributed by atoms with Crippen LogP contribution in [-0.2, 0) is 28.8 Å². The van der Waals surface area contributed by atoms with Crippen molar-refractivity contribution in [2.75, 3.05) is 13.2 Å². The van der Waals surface area contributed by atoms with Crippen molar-refractivity contribution in [3.05, 3.63) is 81.9 Å². The van der Waals surface area contributed by atoms with Crippen molar-refractivity contribution in [1.82, 2.24) is 14.3 Å². The molecule has 0 aliphatic rings. The van der Waals surface area contributed by atoms with Crippen LogP contribution in [0.15, 0.2) is 59.5 Å².